The zero-order chi connectivity index (χ0) is 13.8. The van der Waals surface area contributed by atoms with Crippen molar-refractivity contribution < 1.29 is 28.7 Å². The molecule has 6 nitrogen and oxygen atoms in total. The highest BCUT2D eigenvalue weighted by atomic mass is 31.2. The molecule has 3 atom stereocenters. The van der Waals surface area contributed by atoms with Gasteiger partial charge in [-0.05, 0) is 19.3 Å². The van der Waals surface area contributed by atoms with E-state index in [1.807, 2.05) is 14.1 Å². The molecule has 2 rings (SSSR count). The molecule has 18 heavy (non-hydrogen) atoms. The van der Waals surface area contributed by atoms with Gasteiger partial charge in [0.25, 0.3) is 0 Å². The largest absolute Gasteiger partial charge is 0.480 e. The van der Waals surface area contributed by atoms with Crippen LogP contribution in [0, 0.1) is 5.92 Å². The Bertz CT molecular complexity index is 418. The lowest BCUT2D eigenvalue weighted by atomic mass is 9.90. The average molecular weight is 278 g/mol. The number of carbonyl (C=O) groups is 1. The second-order valence-corrected chi connectivity index (χ2v) is 8.21. The summed E-state index contributed by atoms with van der Waals surface area (Å²) in [4.78, 5) is 30.4. The van der Waals surface area contributed by atoms with Gasteiger partial charge >= 0.3 is 13.6 Å². The van der Waals surface area contributed by atoms with E-state index >= 15 is 0 Å². The molecular weight excluding hydrogens is 257 g/mol. The van der Waals surface area contributed by atoms with Crippen molar-refractivity contribution in [1.82, 2.24) is 0 Å². The van der Waals surface area contributed by atoms with Crippen molar-refractivity contribution >= 4 is 13.6 Å². The Hall–Kier alpha value is -0.420. The number of aliphatic carboxylic acids is 1. The van der Waals surface area contributed by atoms with Crippen molar-refractivity contribution in [2.24, 2.45) is 5.92 Å². The first-order valence-electron chi connectivity index (χ1n) is 6.22. The van der Waals surface area contributed by atoms with Crippen LogP contribution >= 0.6 is 7.60 Å². The number of likely N-dealkylation sites (tertiary alicyclic amines) is 1. The van der Waals surface area contributed by atoms with Crippen molar-refractivity contribution in [3.63, 3.8) is 0 Å². The van der Waals surface area contributed by atoms with Crippen LogP contribution in [0.1, 0.15) is 25.7 Å². The lowest BCUT2D eigenvalue weighted by molar-refractivity contribution is -0.923. The Morgan fingerprint density at radius 2 is 1.94 bits per heavy atom. The van der Waals surface area contributed by atoms with Crippen LogP contribution in [0.2, 0.25) is 0 Å². The fourth-order valence-corrected chi connectivity index (χ4v) is 4.89. The predicted octanol–water partition coefficient (Wildman–Crippen LogP) is 0.636. The van der Waals surface area contributed by atoms with Crippen molar-refractivity contribution in [3.05, 3.63) is 0 Å². The number of hydrogen-bond acceptors (Lipinski definition) is 2. The lowest BCUT2D eigenvalue weighted by Crippen LogP contribution is -2.54. The highest BCUT2D eigenvalue weighted by Crippen LogP contribution is 2.62. The fourth-order valence-electron chi connectivity index (χ4n) is 3.74. The van der Waals surface area contributed by atoms with Gasteiger partial charge in [0.05, 0.1) is 26.7 Å². The summed E-state index contributed by atoms with van der Waals surface area (Å²) < 4.78 is 12.3. The third-order valence-corrected chi connectivity index (χ3v) is 6.53. The molecule has 104 valence electrons. The maximum absolute atomic E-state index is 11.7. The topological polar surface area (TPSA) is 94.8 Å². The minimum atomic E-state index is -4.64. The summed E-state index contributed by atoms with van der Waals surface area (Å²) in [5, 5.41) is 7.46. The number of rotatable bonds is 2. The predicted molar refractivity (Wildman–Crippen MR) is 65.1 cm³/mol. The molecule has 0 spiro atoms. The fraction of sp³-hybridized carbons (Fsp3) is 0.909. The van der Waals surface area contributed by atoms with E-state index in [1.54, 1.807) is 0 Å². The quantitative estimate of drug-likeness (QED) is 0.509. The number of carboxylic acid groups (broad SMARTS) is 1. The molecule has 1 aliphatic carbocycles. The molecule has 1 saturated carbocycles. The number of quaternary nitrogens is 1. The lowest BCUT2D eigenvalue weighted by Gasteiger charge is -2.43. The van der Waals surface area contributed by atoms with Crippen LogP contribution < -0.4 is 0 Å². The summed E-state index contributed by atoms with van der Waals surface area (Å²) in [5.74, 6) is -1.23. The third-order valence-electron chi connectivity index (χ3n) is 4.85. The second kappa shape index (κ2) is 4.04. The van der Waals surface area contributed by atoms with Crippen LogP contribution in [0.5, 0.6) is 0 Å². The normalized spacial score (nSPS) is 39.3. The minimum absolute atomic E-state index is 0.0440. The van der Waals surface area contributed by atoms with Gasteiger partial charge in [-0.2, -0.15) is 0 Å². The van der Waals surface area contributed by atoms with E-state index in [4.69, 9.17) is 0 Å². The molecule has 0 bridgehead atoms. The van der Waals surface area contributed by atoms with E-state index in [0.717, 1.165) is 19.4 Å². The summed E-state index contributed by atoms with van der Waals surface area (Å²) in [6.45, 7) is 0.942. The maximum atomic E-state index is 11.7. The Kier molecular flexibility index (Phi) is 3.14. The number of nitrogens with zero attached hydrogens (tertiary/aromatic N) is 1. The van der Waals surface area contributed by atoms with E-state index in [9.17, 15) is 24.3 Å². The summed E-state index contributed by atoms with van der Waals surface area (Å²) in [7, 11) is -0.595. The highest BCUT2D eigenvalue weighted by molar-refractivity contribution is 7.54. The van der Waals surface area contributed by atoms with Crippen LogP contribution in [-0.4, -0.2) is 57.2 Å². The Morgan fingerprint density at radius 1 is 1.33 bits per heavy atom. The first-order valence-corrected chi connectivity index (χ1v) is 7.83. The van der Waals surface area contributed by atoms with E-state index in [-0.39, 0.29) is 24.8 Å². The van der Waals surface area contributed by atoms with Crippen molar-refractivity contribution in [2.45, 2.75) is 36.9 Å². The van der Waals surface area contributed by atoms with Gasteiger partial charge in [-0.3, -0.25) is 9.36 Å². The third kappa shape index (κ3) is 1.92. The molecule has 0 aromatic carbocycles. The molecule has 7 heteroatoms. The molecule has 3 unspecified atom stereocenters. The van der Waals surface area contributed by atoms with E-state index in [1.165, 1.54) is 0 Å². The highest BCUT2D eigenvalue weighted by Gasteiger charge is 2.64. The molecule has 0 aromatic heterocycles. The molecule has 1 heterocycles. The molecular formula is C11H21NO5P+. The smallest absolute Gasteiger partial charge is 0.343 e. The molecule has 1 saturated heterocycles. The van der Waals surface area contributed by atoms with E-state index in [0.29, 0.717) is 4.48 Å². The molecule has 0 aromatic rings. The summed E-state index contributed by atoms with van der Waals surface area (Å²) in [6.07, 6.45) is 2.07. The number of hydrogen-bond donors (Lipinski definition) is 3. The average Bonchev–Trinajstić information content (AvgIpc) is 2.58. The minimum Gasteiger partial charge on any atom is -0.480 e. The zero-order valence-electron chi connectivity index (χ0n) is 10.7. The van der Waals surface area contributed by atoms with E-state index < -0.39 is 18.7 Å². The molecule has 2 fully saturated rings. The Labute approximate surface area is 106 Å². The Balaban J connectivity index is 2.39. The number of piperidine rings is 1. The monoisotopic (exact) mass is 278 g/mol. The van der Waals surface area contributed by atoms with Gasteiger partial charge in [-0.1, -0.05) is 0 Å². The standard InChI is InChI=1S/C11H20NO5P/c1-12(2)5-3-4-8-6-11(10(13)14,7-9(8)12)18(15,16)17/h8-9H,3-7H2,1-2H3,(H2-,13,14,15,16,17)/p+1. The molecule has 3 N–H and O–H groups in total. The van der Waals surface area contributed by atoms with Gasteiger partial charge < -0.3 is 19.4 Å². The van der Waals surface area contributed by atoms with Crippen LogP contribution in [0.25, 0.3) is 0 Å². The first-order chi connectivity index (χ1) is 8.10. The summed E-state index contributed by atoms with van der Waals surface area (Å²) in [5.41, 5.74) is 0. The van der Waals surface area contributed by atoms with Crippen LogP contribution in [0.15, 0.2) is 0 Å². The SMILES string of the molecule is C[N+]1(C)CCCC2CC(C(=O)O)(P(=O)(O)O)CC21. The molecule has 1 aliphatic heterocycles. The molecule has 2 aliphatic rings. The van der Waals surface area contributed by atoms with Crippen molar-refractivity contribution in [3.8, 4) is 0 Å². The Morgan fingerprint density at radius 3 is 2.39 bits per heavy atom. The summed E-state index contributed by atoms with van der Waals surface area (Å²) >= 11 is 0. The van der Waals surface area contributed by atoms with E-state index in [2.05, 4.69) is 0 Å². The van der Waals surface area contributed by atoms with Gasteiger partial charge in [-0.25, -0.2) is 0 Å². The zero-order valence-corrected chi connectivity index (χ0v) is 11.6. The van der Waals surface area contributed by atoms with Crippen molar-refractivity contribution in [1.29, 1.82) is 0 Å². The first kappa shape index (κ1) is 14.0. The van der Waals surface area contributed by atoms with Gasteiger partial charge in [0.2, 0.25) is 0 Å². The maximum Gasteiger partial charge on any atom is 0.343 e. The van der Waals surface area contributed by atoms with Gasteiger partial charge in [-0.15, -0.1) is 0 Å². The van der Waals surface area contributed by atoms with Gasteiger partial charge in [0.15, 0.2) is 5.16 Å². The second-order valence-electron chi connectivity index (χ2n) is 6.26. The molecule has 0 amide bonds. The number of fused-ring (bicyclic) bond motifs is 1. The van der Waals surface area contributed by atoms with Crippen LogP contribution in [-0.2, 0) is 9.36 Å². The van der Waals surface area contributed by atoms with Gasteiger partial charge in [0.1, 0.15) is 0 Å². The molecule has 0 radical (unpaired) electrons. The van der Waals surface area contributed by atoms with Crippen molar-refractivity contribution in [2.75, 3.05) is 20.6 Å². The van der Waals surface area contributed by atoms with Crippen LogP contribution in [0.3, 0.4) is 0 Å². The van der Waals surface area contributed by atoms with Crippen LogP contribution in [0.4, 0.5) is 0 Å². The summed E-state index contributed by atoms with van der Waals surface area (Å²) in [6, 6.07) is 0.0440. The number of carboxylic acids is 1. The van der Waals surface area contributed by atoms with Gasteiger partial charge in [0, 0.05) is 12.3 Å².